The number of nitrogens with one attached hydrogen (secondary N) is 1. The van der Waals surface area contributed by atoms with Gasteiger partial charge < -0.3 is 11.1 Å². The van der Waals surface area contributed by atoms with E-state index in [-0.39, 0.29) is 11.8 Å². The molecule has 0 aliphatic rings. The topological polar surface area (TPSA) is 72.2 Å². The maximum absolute atomic E-state index is 11.8. The van der Waals surface area contributed by atoms with Gasteiger partial charge in [-0.1, -0.05) is 20.3 Å². The molecular formula is C11H24N2O2S. The van der Waals surface area contributed by atoms with Crippen LogP contribution in [0.5, 0.6) is 0 Å². The molecule has 3 atom stereocenters. The van der Waals surface area contributed by atoms with Crippen molar-refractivity contribution in [2.45, 2.75) is 38.9 Å². The zero-order valence-electron chi connectivity index (χ0n) is 10.5. The van der Waals surface area contributed by atoms with Gasteiger partial charge in [0.25, 0.3) is 0 Å². The average molecular weight is 248 g/mol. The molecule has 1 amide bonds. The lowest BCUT2D eigenvalue weighted by molar-refractivity contribution is -0.120. The minimum atomic E-state index is -1.12. The highest BCUT2D eigenvalue weighted by molar-refractivity contribution is 7.86. The smallest absolute Gasteiger partial charge is 0.235 e. The van der Waals surface area contributed by atoms with E-state index >= 15 is 0 Å². The first-order valence-corrected chi connectivity index (χ1v) is 7.26. The molecule has 0 saturated heterocycles. The van der Waals surface area contributed by atoms with Crippen molar-refractivity contribution in [2.75, 3.05) is 18.8 Å². The molecule has 0 heterocycles. The van der Waals surface area contributed by atoms with E-state index in [1.165, 1.54) is 0 Å². The summed E-state index contributed by atoms with van der Waals surface area (Å²) in [6.07, 6.45) is 2.01. The Morgan fingerprint density at radius 3 is 2.56 bits per heavy atom. The molecule has 16 heavy (non-hydrogen) atoms. The van der Waals surface area contributed by atoms with E-state index in [0.717, 1.165) is 12.8 Å². The van der Waals surface area contributed by atoms with Crippen LogP contribution in [0.3, 0.4) is 0 Å². The van der Waals surface area contributed by atoms with Gasteiger partial charge >= 0.3 is 0 Å². The lowest BCUT2D eigenvalue weighted by Gasteiger charge is -2.14. The molecule has 0 aliphatic heterocycles. The van der Waals surface area contributed by atoms with E-state index in [1.807, 2.05) is 6.92 Å². The molecule has 0 aliphatic carbocycles. The largest absolute Gasteiger partial charge is 0.355 e. The molecule has 0 aromatic carbocycles. The van der Waals surface area contributed by atoms with Crippen molar-refractivity contribution in [3.63, 3.8) is 0 Å². The van der Waals surface area contributed by atoms with Gasteiger partial charge in [0, 0.05) is 23.1 Å². The fourth-order valence-corrected chi connectivity index (χ4v) is 2.45. The van der Waals surface area contributed by atoms with E-state index in [1.54, 1.807) is 6.92 Å². The molecular weight excluding hydrogens is 224 g/mol. The molecule has 0 saturated carbocycles. The minimum Gasteiger partial charge on any atom is -0.355 e. The van der Waals surface area contributed by atoms with Crippen molar-refractivity contribution >= 4 is 16.7 Å². The van der Waals surface area contributed by atoms with E-state index < -0.39 is 16.0 Å². The molecule has 0 aromatic rings. The number of rotatable bonds is 8. The van der Waals surface area contributed by atoms with E-state index in [0.29, 0.717) is 18.8 Å². The van der Waals surface area contributed by atoms with Gasteiger partial charge in [-0.05, 0) is 25.8 Å². The summed E-state index contributed by atoms with van der Waals surface area (Å²) in [4.78, 5) is 11.6. The summed E-state index contributed by atoms with van der Waals surface area (Å²) in [5.41, 5.74) is 5.46. The fourth-order valence-electron chi connectivity index (χ4n) is 1.14. The van der Waals surface area contributed by atoms with Crippen LogP contribution >= 0.6 is 0 Å². The van der Waals surface area contributed by atoms with Gasteiger partial charge in [0.2, 0.25) is 5.91 Å². The summed E-state index contributed by atoms with van der Waals surface area (Å²) >= 11 is 0. The molecule has 0 bridgehead atoms. The SMILES string of the molecule is CCCCNC(=O)C(C)S(=O)CC(C)CN. The predicted octanol–water partition coefficient (Wildman–Crippen LogP) is 0.635. The highest BCUT2D eigenvalue weighted by Gasteiger charge is 2.20. The molecule has 0 fully saturated rings. The number of unbranched alkanes of at least 4 members (excludes halogenated alkanes) is 1. The molecule has 3 unspecified atom stereocenters. The second kappa shape index (κ2) is 8.70. The number of amides is 1. The third kappa shape index (κ3) is 6.23. The van der Waals surface area contributed by atoms with Gasteiger partial charge in [-0.25, -0.2) is 0 Å². The maximum Gasteiger partial charge on any atom is 0.235 e. The molecule has 3 N–H and O–H groups in total. The number of hydrogen-bond acceptors (Lipinski definition) is 3. The summed E-state index contributed by atoms with van der Waals surface area (Å²) < 4.78 is 11.8. The van der Waals surface area contributed by atoms with Gasteiger partial charge in [0.05, 0.1) is 0 Å². The van der Waals surface area contributed by atoms with Crippen molar-refractivity contribution < 1.29 is 9.00 Å². The predicted molar refractivity (Wildman–Crippen MR) is 68.6 cm³/mol. The van der Waals surface area contributed by atoms with Crippen molar-refractivity contribution in [1.82, 2.24) is 5.32 Å². The van der Waals surface area contributed by atoms with Gasteiger partial charge in [-0.3, -0.25) is 9.00 Å². The highest BCUT2D eigenvalue weighted by atomic mass is 32.2. The van der Waals surface area contributed by atoms with Gasteiger partial charge in [0.15, 0.2) is 0 Å². The van der Waals surface area contributed by atoms with Crippen molar-refractivity contribution in [1.29, 1.82) is 0 Å². The second-order valence-electron chi connectivity index (χ2n) is 4.18. The number of carbonyl (C=O) groups is 1. The normalized spacial score (nSPS) is 16.5. The summed E-state index contributed by atoms with van der Waals surface area (Å²) in [5, 5.41) is 2.35. The zero-order valence-corrected chi connectivity index (χ0v) is 11.3. The Balaban J connectivity index is 3.96. The first kappa shape index (κ1) is 15.6. The summed E-state index contributed by atoms with van der Waals surface area (Å²) in [7, 11) is -1.12. The molecule has 96 valence electrons. The van der Waals surface area contributed by atoms with Gasteiger partial charge in [-0.2, -0.15) is 0 Å². The molecule has 0 aromatic heterocycles. The lowest BCUT2D eigenvalue weighted by Crippen LogP contribution is -2.37. The van der Waals surface area contributed by atoms with Gasteiger partial charge in [0.1, 0.15) is 5.25 Å². The zero-order chi connectivity index (χ0) is 12.6. The second-order valence-corrected chi connectivity index (χ2v) is 5.98. The Bertz CT molecular complexity index is 234. The standard InChI is InChI=1S/C11H24N2O2S/c1-4-5-6-13-11(14)10(3)16(15)8-9(2)7-12/h9-10H,4-8,12H2,1-3H3,(H,13,14). The van der Waals surface area contributed by atoms with E-state index in [9.17, 15) is 9.00 Å². The van der Waals surface area contributed by atoms with Crippen molar-refractivity contribution in [3.05, 3.63) is 0 Å². The van der Waals surface area contributed by atoms with Crippen LogP contribution < -0.4 is 11.1 Å². The van der Waals surface area contributed by atoms with Crippen molar-refractivity contribution in [2.24, 2.45) is 11.7 Å². The van der Waals surface area contributed by atoms with Crippen LogP contribution in [0.1, 0.15) is 33.6 Å². The van der Waals surface area contributed by atoms with Crippen LogP contribution in [0.4, 0.5) is 0 Å². The summed E-state index contributed by atoms with van der Waals surface area (Å²) in [6, 6.07) is 0. The minimum absolute atomic E-state index is 0.115. The molecule has 5 heteroatoms. The van der Waals surface area contributed by atoms with Crippen LogP contribution in [0.2, 0.25) is 0 Å². The first-order chi connectivity index (χ1) is 7.52. The Morgan fingerprint density at radius 1 is 1.44 bits per heavy atom. The third-order valence-corrected chi connectivity index (χ3v) is 4.34. The van der Waals surface area contributed by atoms with Crippen LogP contribution in [0.25, 0.3) is 0 Å². The summed E-state index contributed by atoms with van der Waals surface area (Å²) in [5.74, 6) is 0.585. The van der Waals surface area contributed by atoms with Crippen LogP contribution in [-0.4, -0.2) is 34.2 Å². The quantitative estimate of drug-likeness (QED) is 0.619. The maximum atomic E-state index is 11.8. The average Bonchev–Trinajstić information content (AvgIpc) is 2.27. The molecule has 0 rings (SSSR count). The number of nitrogens with two attached hydrogens (primary N) is 1. The van der Waals surface area contributed by atoms with Crippen molar-refractivity contribution in [3.8, 4) is 0 Å². The number of hydrogen-bond donors (Lipinski definition) is 2. The first-order valence-electron chi connectivity index (χ1n) is 5.87. The van der Waals surface area contributed by atoms with Crippen LogP contribution in [-0.2, 0) is 15.6 Å². The van der Waals surface area contributed by atoms with Crippen LogP contribution in [0.15, 0.2) is 0 Å². The Labute approximate surface area is 101 Å². The van der Waals surface area contributed by atoms with Crippen LogP contribution in [0, 0.1) is 5.92 Å². The molecule has 0 radical (unpaired) electrons. The van der Waals surface area contributed by atoms with Gasteiger partial charge in [-0.15, -0.1) is 0 Å². The summed E-state index contributed by atoms with van der Waals surface area (Å²) in [6.45, 7) is 6.90. The lowest BCUT2D eigenvalue weighted by atomic mass is 10.2. The Kier molecular flexibility index (Phi) is 8.47. The molecule has 4 nitrogen and oxygen atoms in total. The fraction of sp³-hybridized carbons (Fsp3) is 0.909. The Hall–Kier alpha value is -0.420. The Morgan fingerprint density at radius 2 is 2.06 bits per heavy atom. The highest BCUT2D eigenvalue weighted by Crippen LogP contribution is 2.03. The molecule has 0 spiro atoms. The van der Waals surface area contributed by atoms with E-state index in [2.05, 4.69) is 12.2 Å². The third-order valence-electron chi connectivity index (χ3n) is 2.44. The number of carbonyl (C=O) groups excluding carboxylic acids is 1. The monoisotopic (exact) mass is 248 g/mol. The van der Waals surface area contributed by atoms with E-state index in [4.69, 9.17) is 5.73 Å².